The summed E-state index contributed by atoms with van der Waals surface area (Å²) >= 11 is 0. The minimum absolute atomic E-state index is 0.182. The van der Waals surface area contributed by atoms with E-state index < -0.39 is 0 Å². The molecule has 0 spiro atoms. The molecule has 1 heterocycles. The molecule has 0 amide bonds. The Morgan fingerprint density at radius 2 is 1.82 bits per heavy atom. The van der Waals surface area contributed by atoms with Gasteiger partial charge in [0.15, 0.2) is 0 Å². The van der Waals surface area contributed by atoms with Crippen molar-refractivity contribution in [3.63, 3.8) is 0 Å². The maximum absolute atomic E-state index is 9.12. The van der Waals surface area contributed by atoms with Crippen LogP contribution in [0.3, 0.4) is 0 Å². The number of hydrogen-bond acceptors (Lipinski definition) is 3. The van der Waals surface area contributed by atoms with Crippen molar-refractivity contribution >= 4 is 0 Å². The number of rotatable bonds is 10. The molecule has 1 aliphatic heterocycles. The lowest BCUT2D eigenvalue weighted by Gasteiger charge is -2.13. The van der Waals surface area contributed by atoms with Crippen LogP contribution < -0.4 is 10.1 Å². The fraction of sp³-hybridized carbons (Fsp3) is 0.684. The molecule has 3 heteroatoms. The van der Waals surface area contributed by atoms with E-state index in [0.717, 1.165) is 18.7 Å². The summed E-state index contributed by atoms with van der Waals surface area (Å²) in [4.78, 5) is 0. The Hall–Kier alpha value is -1.06. The summed E-state index contributed by atoms with van der Waals surface area (Å²) in [5, 5.41) is 12.4. The number of aryl methyl sites for hydroxylation is 1. The average molecular weight is 305 g/mol. The lowest BCUT2D eigenvalue weighted by molar-refractivity contribution is 0.206. The Labute approximate surface area is 135 Å². The van der Waals surface area contributed by atoms with Gasteiger partial charge in [-0.2, -0.15) is 0 Å². The van der Waals surface area contributed by atoms with Crippen molar-refractivity contribution in [2.75, 3.05) is 13.2 Å². The van der Waals surface area contributed by atoms with E-state index >= 15 is 0 Å². The maximum atomic E-state index is 9.12. The maximum Gasteiger partial charge on any atom is 0.119 e. The second-order valence-electron chi connectivity index (χ2n) is 6.43. The van der Waals surface area contributed by atoms with Crippen LogP contribution in [0, 0.1) is 0 Å². The monoisotopic (exact) mass is 305 g/mol. The number of hydrogen-bond donors (Lipinski definition) is 2. The number of ether oxygens (including phenoxy) is 1. The van der Waals surface area contributed by atoms with Crippen molar-refractivity contribution in [3.05, 3.63) is 29.8 Å². The van der Waals surface area contributed by atoms with Crippen molar-refractivity contribution in [3.8, 4) is 5.75 Å². The first-order valence-electron chi connectivity index (χ1n) is 8.91. The largest absolute Gasteiger partial charge is 0.489 e. The summed E-state index contributed by atoms with van der Waals surface area (Å²) in [5.41, 5.74) is 1.40. The Morgan fingerprint density at radius 1 is 1.09 bits per heavy atom. The normalized spacial score (nSPS) is 21.2. The standard InChI is InChI=1S/C19H31NO2/c1-2-3-4-5-6-7-8-16-9-11-18(12-10-16)22-19-13-17(15-21)20-14-19/h9-12,17,19-21H,2-8,13-15H2,1H3/t17-,19?/m1/s1. The molecule has 2 atom stereocenters. The zero-order valence-electron chi connectivity index (χ0n) is 13.9. The molecule has 1 aromatic carbocycles. The second-order valence-corrected chi connectivity index (χ2v) is 6.43. The highest BCUT2D eigenvalue weighted by Crippen LogP contribution is 2.19. The Morgan fingerprint density at radius 3 is 2.50 bits per heavy atom. The summed E-state index contributed by atoms with van der Waals surface area (Å²) in [6.07, 6.45) is 10.3. The van der Waals surface area contributed by atoms with Crippen molar-refractivity contribution in [2.45, 2.75) is 70.4 Å². The molecule has 0 saturated carbocycles. The third-order valence-corrected chi connectivity index (χ3v) is 4.45. The number of benzene rings is 1. The van der Waals surface area contributed by atoms with E-state index in [1.54, 1.807) is 0 Å². The van der Waals surface area contributed by atoms with Crippen molar-refractivity contribution in [1.82, 2.24) is 5.32 Å². The molecular weight excluding hydrogens is 274 g/mol. The lowest BCUT2D eigenvalue weighted by atomic mass is 10.0. The van der Waals surface area contributed by atoms with E-state index in [2.05, 4.69) is 36.5 Å². The fourth-order valence-corrected chi connectivity index (χ4v) is 3.05. The predicted molar refractivity (Wildman–Crippen MR) is 91.4 cm³/mol. The van der Waals surface area contributed by atoms with Crippen LogP contribution in [0.5, 0.6) is 5.75 Å². The average Bonchev–Trinajstić information content (AvgIpc) is 3.00. The van der Waals surface area contributed by atoms with Gasteiger partial charge in [0, 0.05) is 19.0 Å². The van der Waals surface area contributed by atoms with Crippen LogP contribution in [0.15, 0.2) is 24.3 Å². The number of aliphatic hydroxyl groups excluding tert-OH is 1. The fourth-order valence-electron chi connectivity index (χ4n) is 3.05. The molecule has 1 aliphatic rings. The summed E-state index contributed by atoms with van der Waals surface area (Å²) in [6.45, 7) is 3.27. The lowest BCUT2D eigenvalue weighted by Crippen LogP contribution is -2.25. The van der Waals surface area contributed by atoms with Crippen LogP contribution >= 0.6 is 0 Å². The minimum atomic E-state index is 0.182. The molecule has 1 unspecified atom stereocenters. The molecule has 1 saturated heterocycles. The molecule has 1 aromatic rings. The minimum Gasteiger partial charge on any atom is -0.489 e. The zero-order valence-corrected chi connectivity index (χ0v) is 13.9. The van der Waals surface area contributed by atoms with Crippen molar-refractivity contribution < 1.29 is 9.84 Å². The molecule has 124 valence electrons. The van der Waals surface area contributed by atoms with Gasteiger partial charge in [0.05, 0.1) is 6.61 Å². The highest BCUT2D eigenvalue weighted by molar-refractivity contribution is 5.27. The highest BCUT2D eigenvalue weighted by Gasteiger charge is 2.24. The molecule has 0 aliphatic carbocycles. The molecule has 0 radical (unpaired) electrons. The van der Waals surface area contributed by atoms with E-state index in [9.17, 15) is 0 Å². The molecule has 2 rings (SSSR count). The molecule has 0 aromatic heterocycles. The number of aliphatic hydroxyl groups is 1. The first-order chi connectivity index (χ1) is 10.8. The first kappa shape index (κ1) is 17.3. The second kappa shape index (κ2) is 9.86. The highest BCUT2D eigenvalue weighted by atomic mass is 16.5. The first-order valence-corrected chi connectivity index (χ1v) is 8.91. The van der Waals surface area contributed by atoms with Gasteiger partial charge in [-0.3, -0.25) is 0 Å². The zero-order chi connectivity index (χ0) is 15.6. The summed E-state index contributed by atoms with van der Waals surface area (Å²) in [6, 6.07) is 8.73. The van der Waals surface area contributed by atoms with Crippen LogP contribution in [0.25, 0.3) is 0 Å². The predicted octanol–water partition coefficient (Wildman–Crippen LogP) is 3.69. The molecule has 22 heavy (non-hydrogen) atoms. The third-order valence-electron chi connectivity index (χ3n) is 4.45. The Bertz CT molecular complexity index is 404. The van der Waals surface area contributed by atoms with E-state index in [4.69, 9.17) is 9.84 Å². The quantitative estimate of drug-likeness (QED) is 0.648. The van der Waals surface area contributed by atoms with Gasteiger partial charge in [-0.15, -0.1) is 0 Å². The van der Waals surface area contributed by atoms with E-state index in [1.165, 1.54) is 50.5 Å². The number of unbranched alkanes of at least 4 members (excludes halogenated alkanes) is 5. The Balaban J connectivity index is 1.65. The van der Waals surface area contributed by atoms with Gasteiger partial charge in [0.25, 0.3) is 0 Å². The summed E-state index contributed by atoms with van der Waals surface area (Å²) < 4.78 is 5.96. The Kier molecular flexibility index (Phi) is 7.75. The molecule has 0 bridgehead atoms. The number of nitrogens with one attached hydrogen (secondary N) is 1. The van der Waals surface area contributed by atoms with Gasteiger partial charge in [0.2, 0.25) is 0 Å². The molecule has 3 nitrogen and oxygen atoms in total. The van der Waals surface area contributed by atoms with Gasteiger partial charge >= 0.3 is 0 Å². The van der Waals surface area contributed by atoms with Gasteiger partial charge in [-0.25, -0.2) is 0 Å². The molecule has 1 fully saturated rings. The van der Waals surface area contributed by atoms with E-state index in [1.807, 2.05) is 0 Å². The van der Waals surface area contributed by atoms with Crippen molar-refractivity contribution in [1.29, 1.82) is 0 Å². The molecular formula is C19H31NO2. The van der Waals surface area contributed by atoms with Crippen LogP contribution in [0.2, 0.25) is 0 Å². The van der Waals surface area contributed by atoms with Crippen LogP contribution in [0.4, 0.5) is 0 Å². The summed E-state index contributed by atoms with van der Waals surface area (Å²) in [7, 11) is 0. The smallest absolute Gasteiger partial charge is 0.119 e. The SMILES string of the molecule is CCCCCCCCc1ccc(OC2CN[C@@H](CO)C2)cc1. The van der Waals surface area contributed by atoms with Crippen molar-refractivity contribution in [2.24, 2.45) is 0 Å². The van der Waals surface area contributed by atoms with Gasteiger partial charge in [0.1, 0.15) is 11.9 Å². The summed E-state index contributed by atoms with van der Waals surface area (Å²) in [5.74, 6) is 0.942. The van der Waals surface area contributed by atoms with Gasteiger partial charge in [-0.05, 0) is 30.5 Å². The van der Waals surface area contributed by atoms with Crippen LogP contribution in [-0.2, 0) is 6.42 Å². The topological polar surface area (TPSA) is 41.5 Å². The van der Waals surface area contributed by atoms with Crippen LogP contribution in [0.1, 0.15) is 57.4 Å². The van der Waals surface area contributed by atoms with E-state index in [-0.39, 0.29) is 18.8 Å². The van der Waals surface area contributed by atoms with E-state index in [0.29, 0.717) is 0 Å². The third kappa shape index (κ3) is 5.98. The molecule has 2 N–H and O–H groups in total. The van der Waals surface area contributed by atoms with Crippen LogP contribution in [-0.4, -0.2) is 30.4 Å². The van der Waals surface area contributed by atoms with Gasteiger partial charge < -0.3 is 15.2 Å². The van der Waals surface area contributed by atoms with Gasteiger partial charge in [-0.1, -0.05) is 51.2 Å².